The van der Waals surface area contributed by atoms with E-state index in [1.807, 2.05) is 22.8 Å². The fourth-order valence-corrected chi connectivity index (χ4v) is 3.17. The molecule has 0 aliphatic heterocycles. The summed E-state index contributed by atoms with van der Waals surface area (Å²) in [6.45, 7) is 7.87. The van der Waals surface area contributed by atoms with Gasteiger partial charge in [-0.2, -0.15) is 0 Å². The number of rotatable bonds is 6. The number of ketones is 1. The minimum absolute atomic E-state index is 0.0162. The van der Waals surface area contributed by atoms with Gasteiger partial charge >= 0.3 is 0 Å². The molecule has 0 saturated heterocycles. The lowest BCUT2D eigenvalue weighted by Gasteiger charge is -2.09. The second kappa shape index (κ2) is 7.46. The molecule has 27 heavy (non-hydrogen) atoms. The number of hydrogen-bond acceptors (Lipinski definition) is 2. The van der Waals surface area contributed by atoms with Crippen LogP contribution in [-0.4, -0.2) is 16.3 Å². The number of hydrogen-bond donors (Lipinski definition) is 1. The highest BCUT2D eigenvalue weighted by atomic mass is 16.1. The smallest absolute Gasteiger partial charge is 0.250 e. The van der Waals surface area contributed by atoms with E-state index in [0.29, 0.717) is 17.7 Å². The Kier molecular flexibility index (Phi) is 5.08. The van der Waals surface area contributed by atoms with E-state index < -0.39 is 5.91 Å². The monoisotopic (exact) mass is 358 g/mol. The van der Waals surface area contributed by atoms with E-state index in [2.05, 4.69) is 31.7 Å². The lowest BCUT2D eigenvalue weighted by Crippen LogP contribution is -2.10. The van der Waals surface area contributed by atoms with Crippen molar-refractivity contribution in [2.75, 3.05) is 0 Å². The number of Topliss-reactive ketones (excluding diaryl/α,β-unsaturated/α-hetero) is 1. The summed E-state index contributed by atoms with van der Waals surface area (Å²) in [6.07, 6.45) is 7.42. The number of carbonyl (C=O) groups excluding carboxylic acids is 2. The molecule has 0 radical (unpaired) electrons. The fourth-order valence-electron chi connectivity index (χ4n) is 3.17. The van der Waals surface area contributed by atoms with Gasteiger partial charge in [-0.25, -0.2) is 0 Å². The average Bonchev–Trinajstić information content (AvgIpc) is 3.00. The third-order valence-electron chi connectivity index (χ3n) is 4.66. The molecular formula is C23H22N2O2. The van der Waals surface area contributed by atoms with Crippen molar-refractivity contribution < 1.29 is 9.59 Å². The molecule has 0 bridgehead atoms. The van der Waals surface area contributed by atoms with Gasteiger partial charge in [0.15, 0.2) is 5.78 Å². The summed E-state index contributed by atoms with van der Waals surface area (Å²) >= 11 is 0. The lowest BCUT2D eigenvalue weighted by atomic mass is 10.0. The molecule has 0 aliphatic rings. The molecule has 1 heterocycles. The number of amides is 1. The first-order chi connectivity index (χ1) is 12.9. The Morgan fingerprint density at radius 3 is 2.63 bits per heavy atom. The fraction of sp³-hybridized carbons (Fsp3) is 0.130. The summed E-state index contributed by atoms with van der Waals surface area (Å²) in [4.78, 5) is 23.6. The number of aryl methyl sites for hydroxylation is 1. The molecule has 0 spiro atoms. The number of primary amides is 1. The van der Waals surface area contributed by atoms with Crippen LogP contribution in [0.25, 0.3) is 17.0 Å². The van der Waals surface area contributed by atoms with Crippen molar-refractivity contribution in [3.63, 3.8) is 0 Å². The zero-order chi connectivity index (χ0) is 19.6. The van der Waals surface area contributed by atoms with Crippen LogP contribution < -0.4 is 5.73 Å². The van der Waals surface area contributed by atoms with Crippen molar-refractivity contribution >= 4 is 28.7 Å². The Bertz CT molecular complexity index is 1090. The number of allylic oxidation sites excluding steroid dienone is 2. The highest BCUT2D eigenvalue weighted by molar-refractivity contribution is 6.08. The Balaban J connectivity index is 2.10. The van der Waals surface area contributed by atoms with Gasteiger partial charge in [-0.15, -0.1) is 0 Å². The van der Waals surface area contributed by atoms with Crippen LogP contribution in [0, 0.1) is 6.92 Å². The highest BCUT2D eigenvalue weighted by Crippen LogP contribution is 2.25. The van der Waals surface area contributed by atoms with Gasteiger partial charge in [-0.05, 0) is 42.7 Å². The normalized spacial score (nSPS) is 11.2. The van der Waals surface area contributed by atoms with E-state index in [0.717, 1.165) is 22.0 Å². The van der Waals surface area contributed by atoms with E-state index >= 15 is 0 Å². The van der Waals surface area contributed by atoms with Crippen LogP contribution in [0.2, 0.25) is 0 Å². The predicted molar refractivity (Wildman–Crippen MR) is 110 cm³/mol. The number of benzene rings is 2. The topological polar surface area (TPSA) is 65.1 Å². The minimum Gasteiger partial charge on any atom is -0.366 e. The van der Waals surface area contributed by atoms with Gasteiger partial charge in [0.2, 0.25) is 0 Å². The molecule has 4 heteroatoms. The van der Waals surface area contributed by atoms with Crippen molar-refractivity contribution in [3.8, 4) is 0 Å². The average molecular weight is 358 g/mol. The molecule has 3 rings (SSSR count). The maximum atomic E-state index is 11.8. The first kappa shape index (κ1) is 18.4. The summed E-state index contributed by atoms with van der Waals surface area (Å²) in [5, 5.41) is 0.756. The van der Waals surface area contributed by atoms with E-state index in [9.17, 15) is 9.59 Å². The van der Waals surface area contributed by atoms with Gasteiger partial charge in [0.05, 0.1) is 5.56 Å². The first-order valence-electron chi connectivity index (χ1n) is 8.73. The van der Waals surface area contributed by atoms with Gasteiger partial charge in [-0.1, -0.05) is 49.1 Å². The molecule has 0 fully saturated rings. The zero-order valence-electron chi connectivity index (χ0n) is 15.5. The van der Waals surface area contributed by atoms with Gasteiger partial charge < -0.3 is 10.3 Å². The van der Waals surface area contributed by atoms with E-state index in [1.165, 1.54) is 12.5 Å². The number of fused-ring (bicyclic) bond motifs is 1. The summed E-state index contributed by atoms with van der Waals surface area (Å²) in [5.41, 5.74) is 10.8. The molecule has 0 aliphatic carbocycles. The number of aromatic nitrogens is 1. The van der Waals surface area contributed by atoms with Crippen molar-refractivity contribution in [2.45, 2.75) is 20.4 Å². The van der Waals surface area contributed by atoms with Crippen molar-refractivity contribution in [1.29, 1.82) is 0 Å². The molecule has 1 aromatic heterocycles. The zero-order valence-corrected chi connectivity index (χ0v) is 15.5. The van der Waals surface area contributed by atoms with E-state index in [4.69, 9.17) is 5.73 Å². The summed E-state index contributed by atoms with van der Waals surface area (Å²) < 4.78 is 1.97. The second-order valence-electron chi connectivity index (χ2n) is 6.61. The highest BCUT2D eigenvalue weighted by Gasteiger charge is 2.14. The number of carbonyl (C=O) groups is 2. The van der Waals surface area contributed by atoms with E-state index in [1.54, 1.807) is 24.4 Å². The van der Waals surface area contributed by atoms with Crippen LogP contribution in [-0.2, 0) is 6.54 Å². The van der Waals surface area contributed by atoms with Crippen LogP contribution in [0.1, 0.15) is 44.3 Å². The Labute approximate surface area is 158 Å². The Hall–Kier alpha value is -3.40. The second-order valence-corrected chi connectivity index (χ2v) is 6.61. The van der Waals surface area contributed by atoms with Crippen molar-refractivity contribution in [2.24, 2.45) is 5.73 Å². The third-order valence-corrected chi connectivity index (χ3v) is 4.66. The Morgan fingerprint density at radius 2 is 1.96 bits per heavy atom. The molecule has 0 atom stereocenters. The molecular weight excluding hydrogens is 336 g/mol. The van der Waals surface area contributed by atoms with Crippen LogP contribution in [0.5, 0.6) is 0 Å². The molecule has 2 N–H and O–H groups in total. The molecule has 0 unspecified atom stereocenters. The van der Waals surface area contributed by atoms with Crippen LogP contribution in [0.3, 0.4) is 0 Å². The molecule has 1 amide bonds. The molecule has 2 aromatic carbocycles. The summed E-state index contributed by atoms with van der Waals surface area (Å²) in [5.74, 6) is -0.495. The maximum absolute atomic E-state index is 11.8. The first-order valence-corrected chi connectivity index (χ1v) is 8.73. The van der Waals surface area contributed by atoms with Crippen LogP contribution >= 0.6 is 0 Å². The maximum Gasteiger partial charge on any atom is 0.250 e. The molecule has 136 valence electrons. The Morgan fingerprint density at radius 1 is 1.19 bits per heavy atom. The van der Waals surface area contributed by atoms with Crippen molar-refractivity contribution in [3.05, 3.63) is 89.1 Å². The van der Waals surface area contributed by atoms with Crippen LogP contribution in [0.4, 0.5) is 0 Å². The van der Waals surface area contributed by atoms with Gasteiger partial charge in [0.1, 0.15) is 0 Å². The summed E-state index contributed by atoms with van der Waals surface area (Å²) in [7, 11) is 0. The largest absolute Gasteiger partial charge is 0.366 e. The number of nitrogens with zero attached hydrogens (tertiary/aromatic N) is 1. The van der Waals surface area contributed by atoms with Crippen LogP contribution in [0.15, 0.2) is 61.3 Å². The van der Waals surface area contributed by atoms with Gasteiger partial charge in [0, 0.05) is 29.2 Å². The van der Waals surface area contributed by atoms with Gasteiger partial charge in [0.25, 0.3) is 5.91 Å². The van der Waals surface area contributed by atoms with Crippen molar-refractivity contribution in [1.82, 2.24) is 4.57 Å². The third kappa shape index (κ3) is 3.75. The number of nitrogens with two attached hydrogens (primary N) is 1. The summed E-state index contributed by atoms with van der Waals surface area (Å²) in [6, 6.07) is 11.6. The molecule has 0 saturated carbocycles. The van der Waals surface area contributed by atoms with E-state index in [-0.39, 0.29) is 5.78 Å². The minimum atomic E-state index is -0.479. The van der Waals surface area contributed by atoms with Gasteiger partial charge in [-0.3, -0.25) is 9.59 Å². The predicted octanol–water partition coefficient (Wildman–Crippen LogP) is 4.50. The molecule has 4 nitrogen and oxygen atoms in total. The standard InChI is InChI=1S/C23H22N2O2/c1-4-5-6-18-11-17(8-7-15(18)2)13-25-14-21(23(24)27)20-10-9-19(16(3)26)12-22(20)25/h4-12,14H,1,13H2,2-3H3,(H2,24,27)/b6-5-. The quantitative estimate of drug-likeness (QED) is 0.521. The lowest BCUT2D eigenvalue weighted by molar-refractivity contribution is 0.0997. The SMILES string of the molecule is C=C/C=C\c1cc(Cn2cc(C(N)=O)c3ccc(C(C)=O)cc32)ccc1C. The molecule has 3 aromatic rings.